The largest absolute Gasteiger partial charge is 0.421 e. The maximum atomic E-state index is 13.3. The summed E-state index contributed by atoms with van der Waals surface area (Å²) in [6, 6.07) is 24.8. The molecule has 0 bridgehead atoms. The molecule has 0 N–H and O–H groups in total. The summed E-state index contributed by atoms with van der Waals surface area (Å²) in [6.07, 6.45) is 0. The van der Waals surface area contributed by atoms with Crippen molar-refractivity contribution in [3.05, 3.63) is 84.4 Å². The van der Waals surface area contributed by atoms with Crippen molar-refractivity contribution in [1.29, 1.82) is 0 Å². The topological polar surface area (TPSA) is 35.5 Å². The van der Waals surface area contributed by atoms with Gasteiger partial charge in [-0.2, -0.15) is 0 Å². The van der Waals surface area contributed by atoms with Gasteiger partial charge in [0.2, 0.25) is 0 Å². The fourth-order valence-corrected chi connectivity index (χ4v) is 4.50. The highest BCUT2D eigenvalue weighted by atomic mass is 31.2. The van der Waals surface area contributed by atoms with E-state index in [1.165, 1.54) is 0 Å². The van der Waals surface area contributed by atoms with E-state index in [0.717, 1.165) is 16.7 Å². The van der Waals surface area contributed by atoms with Gasteiger partial charge in [0.15, 0.2) is 0 Å². The summed E-state index contributed by atoms with van der Waals surface area (Å²) in [5.74, 6) is 0.600. The van der Waals surface area contributed by atoms with Gasteiger partial charge in [0.25, 0.3) is 0 Å². The van der Waals surface area contributed by atoms with Crippen LogP contribution in [0.2, 0.25) is 0 Å². The second-order valence-electron chi connectivity index (χ2n) is 5.36. The number of rotatable bonds is 3. The van der Waals surface area contributed by atoms with Crippen molar-refractivity contribution < 1.29 is 13.6 Å². The summed E-state index contributed by atoms with van der Waals surface area (Å²) >= 11 is 0. The van der Waals surface area contributed by atoms with E-state index in [-0.39, 0.29) is 6.61 Å². The fraction of sp³-hybridized carbons (Fsp3) is 0.0526. The monoisotopic (exact) mass is 322 g/mol. The molecule has 4 rings (SSSR count). The summed E-state index contributed by atoms with van der Waals surface area (Å²) in [6.45, 7) is 0.245. The third kappa shape index (κ3) is 2.59. The normalized spacial score (nSPS) is 18.6. The molecule has 0 amide bonds. The number of hydrogen-bond donors (Lipinski definition) is 0. The van der Waals surface area contributed by atoms with Crippen molar-refractivity contribution in [1.82, 2.24) is 0 Å². The van der Waals surface area contributed by atoms with Gasteiger partial charge in [-0.25, -0.2) is 4.57 Å². The lowest BCUT2D eigenvalue weighted by atomic mass is 10.0. The fourth-order valence-electron chi connectivity index (χ4n) is 2.72. The van der Waals surface area contributed by atoms with Gasteiger partial charge in [0.05, 0.1) is 11.9 Å². The Balaban J connectivity index is 1.74. The van der Waals surface area contributed by atoms with Gasteiger partial charge in [0.1, 0.15) is 5.75 Å². The van der Waals surface area contributed by atoms with Crippen LogP contribution in [0.4, 0.5) is 0 Å². The van der Waals surface area contributed by atoms with Crippen LogP contribution < -0.4 is 9.83 Å². The van der Waals surface area contributed by atoms with E-state index in [0.29, 0.717) is 11.1 Å². The van der Waals surface area contributed by atoms with Gasteiger partial charge in [-0.15, -0.1) is 0 Å². The molecule has 3 nitrogen and oxygen atoms in total. The maximum absolute atomic E-state index is 13.3. The molecule has 3 aromatic carbocycles. The molecule has 1 aliphatic rings. The molecule has 0 fully saturated rings. The smallest absolute Gasteiger partial charge is 0.411 e. The summed E-state index contributed by atoms with van der Waals surface area (Å²) in [7, 11) is -3.40. The van der Waals surface area contributed by atoms with E-state index in [9.17, 15) is 4.57 Å². The van der Waals surface area contributed by atoms with Crippen LogP contribution in [0, 0.1) is 0 Å². The Morgan fingerprint density at radius 1 is 0.783 bits per heavy atom. The minimum absolute atomic E-state index is 0.245. The van der Waals surface area contributed by atoms with Crippen LogP contribution in [0.25, 0.3) is 11.1 Å². The quantitative estimate of drug-likeness (QED) is 0.651. The van der Waals surface area contributed by atoms with Crippen molar-refractivity contribution in [2.75, 3.05) is 0 Å². The van der Waals surface area contributed by atoms with Gasteiger partial charge in [-0.05, 0) is 17.7 Å². The van der Waals surface area contributed by atoms with E-state index >= 15 is 0 Å². The molecule has 3 aromatic rings. The summed E-state index contributed by atoms with van der Waals surface area (Å²) < 4.78 is 24.9. The van der Waals surface area contributed by atoms with Gasteiger partial charge >= 0.3 is 7.60 Å². The summed E-state index contributed by atoms with van der Waals surface area (Å²) in [5.41, 5.74) is 2.81. The van der Waals surface area contributed by atoms with Crippen molar-refractivity contribution in [2.45, 2.75) is 6.61 Å². The van der Waals surface area contributed by atoms with Crippen LogP contribution in [-0.2, 0) is 15.7 Å². The lowest BCUT2D eigenvalue weighted by Crippen LogP contribution is -2.19. The maximum Gasteiger partial charge on any atom is 0.411 e. The van der Waals surface area contributed by atoms with E-state index in [4.69, 9.17) is 9.05 Å². The minimum Gasteiger partial charge on any atom is -0.421 e. The number of hydrogen-bond acceptors (Lipinski definition) is 3. The van der Waals surface area contributed by atoms with Crippen LogP contribution in [0.15, 0.2) is 78.9 Å². The van der Waals surface area contributed by atoms with Crippen molar-refractivity contribution in [2.24, 2.45) is 0 Å². The third-order valence-electron chi connectivity index (χ3n) is 3.84. The van der Waals surface area contributed by atoms with E-state index in [1.807, 2.05) is 78.9 Å². The molecular formula is C19H15O3P. The van der Waals surface area contributed by atoms with Crippen LogP contribution in [0.1, 0.15) is 5.56 Å². The van der Waals surface area contributed by atoms with Crippen molar-refractivity contribution in [3.8, 4) is 16.9 Å². The zero-order valence-corrected chi connectivity index (χ0v) is 13.3. The first kappa shape index (κ1) is 14.3. The second-order valence-corrected chi connectivity index (χ2v) is 7.28. The Morgan fingerprint density at radius 3 is 2.26 bits per heavy atom. The Hall–Kier alpha value is -2.35. The number of benzene rings is 3. The Kier molecular flexibility index (Phi) is 3.53. The molecule has 1 atom stereocenters. The molecule has 0 radical (unpaired) electrons. The standard InChI is InChI=1S/C19H15O3P/c20-23(21-14-15-8-2-1-3-9-15)19-13-7-5-11-17(19)16-10-4-6-12-18(16)22-23/h1-13H,14H2. The average Bonchev–Trinajstić information content (AvgIpc) is 2.61. The molecule has 0 spiro atoms. The first-order chi connectivity index (χ1) is 11.3. The van der Waals surface area contributed by atoms with Gasteiger partial charge in [-0.1, -0.05) is 66.7 Å². The first-order valence-electron chi connectivity index (χ1n) is 7.43. The summed E-state index contributed by atoms with van der Waals surface area (Å²) in [4.78, 5) is 0. The van der Waals surface area contributed by atoms with E-state index < -0.39 is 7.60 Å². The molecule has 0 aromatic heterocycles. The minimum atomic E-state index is -3.40. The molecule has 0 saturated heterocycles. The van der Waals surface area contributed by atoms with E-state index in [1.54, 1.807) is 0 Å². The highest BCUT2D eigenvalue weighted by Crippen LogP contribution is 2.55. The molecule has 4 heteroatoms. The van der Waals surface area contributed by atoms with Crippen LogP contribution >= 0.6 is 7.60 Å². The average molecular weight is 322 g/mol. The van der Waals surface area contributed by atoms with Crippen molar-refractivity contribution in [3.63, 3.8) is 0 Å². The van der Waals surface area contributed by atoms with Gasteiger partial charge in [-0.3, -0.25) is 4.52 Å². The molecule has 114 valence electrons. The highest BCUT2D eigenvalue weighted by Gasteiger charge is 2.37. The van der Waals surface area contributed by atoms with Crippen molar-refractivity contribution >= 4 is 12.9 Å². The number of fused-ring (bicyclic) bond motifs is 3. The Bertz CT molecular complexity index is 890. The molecule has 0 aliphatic carbocycles. The van der Waals surface area contributed by atoms with Crippen LogP contribution in [0.5, 0.6) is 5.75 Å². The zero-order chi connectivity index (χ0) is 15.7. The molecule has 0 saturated carbocycles. The predicted octanol–water partition coefficient (Wildman–Crippen LogP) is 4.78. The third-order valence-corrected chi connectivity index (χ3v) is 5.72. The van der Waals surface area contributed by atoms with E-state index in [2.05, 4.69) is 0 Å². The molecule has 1 heterocycles. The molecular weight excluding hydrogens is 307 g/mol. The molecule has 23 heavy (non-hydrogen) atoms. The zero-order valence-electron chi connectivity index (χ0n) is 12.4. The molecule has 1 unspecified atom stereocenters. The lowest BCUT2D eigenvalue weighted by molar-refractivity contribution is 0.264. The molecule has 1 aliphatic heterocycles. The second kappa shape index (κ2) is 5.69. The highest BCUT2D eigenvalue weighted by molar-refractivity contribution is 7.63. The first-order valence-corrected chi connectivity index (χ1v) is 8.98. The number of para-hydroxylation sites is 1. The SMILES string of the molecule is O=P1(OCc2ccccc2)Oc2ccccc2-c2ccccc21. The van der Waals surface area contributed by atoms with Gasteiger partial charge in [0, 0.05) is 11.1 Å². The predicted molar refractivity (Wildman–Crippen MR) is 91.0 cm³/mol. The summed E-state index contributed by atoms with van der Waals surface area (Å²) in [5, 5.41) is 0.620. The Labute approximate surface area is 135 Å². The lowest BCUT2D eigenvalue weighted by Gasteiger charge is -2.27. The Morgan fingerprint density at radius 2 is 1.43 bits per heavy atom. The van der Waals surface area contributed by atoms with Gasteiger partial charge < -0.3 is 4.52 Å². The van der Waals surface area contributed by atoms with Crippen LogP contribution in [0.3, 0.4) is 0 Å². The van der Waals surface area contributed by atoms with Crippen LogP contribution in [-0.4, -0.2) is 0 Å².